The van der Waals surface area contributed by atoms with Crippen LogP contribution in [0.4, 0.5) is 0 Å². The van der Waals surface area contributed by atoms with Gasteiger partial charge in [0.25, 0.3) is 0 Å². The van der Waals surface area contributed by atoms with Crippen LogP contribution in [-0.2, 0) is 24.2 Å². The van der Waals surface area contributed by atoms with Gasteiger partial charge in [-0.1, -0.05) is 26.2 Å². The van der Waals surface area contributed by atoms with E-state index < -0.39 is 15.3 Å². The predicted molar refractivity (Wildman–Crippen MR) is 79.2 cm³/mol. The summed E-state index contributed by atoms with van der Waals surface area (Å²) in [5, 5.41) is 4.74. The molecule has 6 nitrogen and oxygen atoms in total. The molecule has 20 heavy (non-hydrogen) atoms. The smallest absolute Gasteiger partial charge is 0.212 e. The molecule has 0 rings (SSSR count). The number of primary sulfonamides is 1. The van der Waals surface area contributed by atoms with Crippen molar-refractivity contribution < 1.29 is 22.6 Å². The standard InChI is InChI=1S/C13H29NO5S/c1-3-4-5-6-13(20(14,15)16)7-8-18-11-12-19-10-9-17-2/h13H,3-12H2,1-2H3,(H2,14,15,16). The van der Waals surface area contributed by atoms with Gasteiger partial charge in [0, 0.05) is 13.7 Å². The van der Waals surface area contributed by atoms with Crippen LogP contribution >= 0.6 is 0 Å². The Balaban J connectivity index is 3.69. The molecule has 0 aromatic rings. The third-order valence-electron chi connectivity index (χ3n) is 2.98. The molecule has 1 unspecified atom stereocenters. The normalized spacial score (nSPS) is 13.6. The summed E-state index contributed by atoms with van der Waals surface area (Å²) in [6.07, 6.45) is 4.03. The van der Waals surface area contributed by atoms with Crippen LogP contribution in [0.2, 0.25) is 0 Å². The molecule has 0 spiro atoms. The highest BCUT2D eigenvalue weighted by molar-refractivity contribution is 7.89. The van der Waals surface area contributed by atoms with Crippen LogP contribution < -0.4 is 5.14 Å². The van der Waals surface area contributed by atoms with Crippen LogP contribution in [0.5, 0.6) is 0 Å². The molecule has 0 aliphatic heterocycles. The molecular formula is C13H29NO5S. The number of methoxy groups -OCH3 is 1. The minimum absolute atomic E-state index is 0.390. The van der Waals surface area contributed by atoms with E-state index in [2.05, 4.69) is 6.92 Å². The van der Waals surface area contributed by atoms with Crippen LogP contribution in [-0.4, -0.2) is 53.8 Å². The van der Waals surface area contributed by atoms with Crippen molar-refractivity contribution in [2.45, 2.75) is 44.3 Å². The number of rotatable bonds is 14. The summed E-state index contributed by atoms with van der Waals surface area (Å²) in [6, 6.07) is 0. The van der Waals surface area contributed by atoms with E-state index in [1.54, 1.807) is 7.11 Å². The lowest BCUT2D eigenvalue weighted by Crippen LogP contribution is -2.30. The van der Waals surface area contributed by atoms with Gasteiger partial charge in [-0.05, 0) is 12.8 Å². The second-order valence-corrected chi connectivity index (χ2v) is 6.56. The van der Waals surface area contributed by atoms with Crippen LogP contribution in [0.3, 0.4) is 0 Å². The van der Waals surface area contributed by atoms with E-state index in [4.69, 9.17) is 19.3 Å². The van der Waals surface area contributed by atoms with Crippen molar-refractivity contribution in [3.05, 3.63) is 0 Å². The minimum Gasteiger partial charge on any atom is -0.382 e. The van der Waals surface area contributed by atoms with Crippen LogP contribution in [0.25, 0.3) is 0 Å². The molecule has 0 aliphatic carbocycles. The number of unbranched alkanes of at least 4 members (excludes halogenated alkanes) is 2. The number of sulfonamides is 1. The monoisotopic (exact) mass is 311 g/mol. The van der Waals surface area contributed by atoms with Crippen molar-refractivity contribution >= 4 is 10.0 Å². The van der Waals surface area contributed by atoms with Crippen molar-refractivity contribution in [1.29, 1.82) is 0 Å². The van der Waals surface area contributed by atoms with Gasteiger partial charge in [-0.15, -0.1) is 0 Å². The highest BCUT2D eigenvalue weighted by Gasteiger charge is 2.20. The third-order valence-corrected chi connectivity index (χ3v) is 4.38. The lowest BCUT2D eigenvalue weighted by atomic mass is 10.1. The van der Waals surface area contributed by atoms with Gasteiger partial charge in [0.2, 0.25) is 10.0 Å². The average Bonchev–Trinajstić information content (AvgIpc) is 2.38. The molecule has 2 N–H and O–H groups in total. The van der Waals surface area contributed by atoms with Gasteiger partial charge in [-0.3, -0.25) is 0 Å². The van der Waals surface area contributed by atoms with E-state index in [1.807, 2.05) is 0 Å². The first-order valence-corrected chi connectivity index (χ1v) is 8.79. The first-order chi connectivity index (χ1) is 9.52. The van der Waals surface area contributed by atoms with Crippen molar-refractivity contribution in [2.75, 3.05) is 40.1 Å². The molecule has 7 heteroatoms. The third kappa shape index (κ3) is 11.6. The molecule has 0 bridgehead atoms. The molecule has 1 atom stereocenters. The van der Waals surface area contributed by atoms with Crippen molar-refractivity contribution in [1.82, 2.24) is 0 Å². The summed E-state index contributed by atoms with van der Waals surface area (Å²) in [6.45, 7) is 4.51. The zero-order chi connectivity index (χ0) is 15.3. The van der Waals surface area contributed by atoms with Gasteiger partial charge >= 0.3 is 0 Å². The zero-order valence-electron chi connectivity index (χ0n) is 12.7. The second-order valence-electron chi connectivity index (χ2n) is 4.71. The van der Waals surface area contributed by atoms with Crippen LogP contribution in [0.15, 0.2) is 0 Å². The van der Waals surface area contributed by atoms with Crippen molar-refractivity contribution in [3.8, 4) is 0 Å². The van der Waals surface area contributed by atoms with Gasteiger partial charge in [-0.25, -0.2) is 13.6 Å². The highest BCUT2D eigenvalue weighted by atomic mass is 32.2. The van der Waals surface area contributed by atoms with E-state index in [0.29, 0.717) is 45.9 Å². The second kappa shape index (κ2) is 12.5. The Morgan fingerprint density at radius 3 is 2.10 bits per heavy atom. The van der Waals surface area contributed by atoms with Gasteiger partial charge < -0.3 is 14.2 Å². The average molecular weight is 311 g/mol. The fourth-order valence-corrected chi connectivity index (χ4v) is 2.69. The Kier molecular flexibility index (Phi) is 12.4. The maximum absolute atomic E-state index is 11.4. The van der Waals surface area contributed by atoms with E-state index in [1.165, 1.54) is 0 Å². The largest absolute Gasteiger partial charge is 0.382 e. The van der Waals surface area contributed by atoms with E-state index >= 15 is 0 Å². The molecule has 0 radical (unpaired) electrons. The maximum atomic E-state index is 11.4. The minimum atomic E-state index is -3.48. The summed E-state index contributed by atoms with van der Waals surface area (Å²) in [5.74, 6) is 0. The number of nitrogens with two attached hydrogens (primary N) is 1. The number of hydrogen-bond acceptors (Lipinski definition) is 5. The predicted octanol–water partition coefficient (Wildman–Crippen LogP) is 1.29. The molecule has 0 heterocycles. The highest BCUT2D eigenvalue weighted by Crippen LogP contribution is 2.12. The quantitative estimate of drug-likeness (QED) is 0.488. The lowest BCUT2D eigenvalue weighted by molar-refractivity contribution is 0.0241. The molecular weight excluding hydrogens is 282 g/mol. The van der Waals surface area contributed by atoms with Crippen molar-refractivity contribution in [3.63, 3.8) is 0 Å². The molecule has 0 saturated carbocycles. The summed E-state index contributed by atoms with van der Waals surface area (Å²) in [7, 11) is -1.86. The van der Waals surface area contributed by atoms with E-state index in [-0.39, 0.29) is 0 Å². The summed E-state index contributed by atoms with van der Waals surface area (Å²) in [5.41, 5.74) is 0. The molecule has 0 amide bonds. The van der Waals surface area contributed by atoms with Gasteiger partial charge in [-0.2, -0.15) is 0 Å². The van der Waals surface area contributed by atoms with Gasteiger partial charge in [0.15, 0.2) is 0 Å². The maximum Gasteiger partial charge on any atom is 0.212 e. The first kappa shape index (κ1) is 19.8. The fourth-order valence-electron chi connectivity index (χ4n) is 1.77. The molecule has 0 saturated heterocycles. The fraction of sp³-hybridized carbons (Fsp3) is 1.00. The van der Waals surface area contributed by atoms with Crippen molar-refractivity contribution in [2.24, 2.45) is 5.14 Å². The SMILES string of the molecule is CCCCCC(CCOCCOCCOC)S(N)(=O)=O. The van der Waals surface area contributed by atoms with Crippen LogP contribution in [0, 0.1) is 0 Å². The molecule has 0 aromatic heterocycles. The molecule has 0 aliphatic rings. The number of hydrogen-bond donors (Lipinski definition) is 1. The van der Waals surface area contributed by atoms with E-state index in [0.717, 1.165) is 19.3 Å². The summed E-state index contributed by atoms with van der Waals surface area (Å²) in [4.78, 5) is 0. The Morgan fingerprint density at radius 2 is 1.55 bits per heavy atom. The zero-order valence-corrected chi connectivity index (χ0v) is 13.5. The molecule has 0 fully saturated rings. The van der Waals surface area contributed by atoms with Crippen LogP contribution in [0.1, 0.15) is 39.0 Å². The number of ether oxygens (including phenoxy) is 3. The summed E-state index contributed by atoms with van der Waals surface area (Å²) < 4.78 is 38.3. The Bertz CT molecular complexity index is 308. The molecule has 122 valence electrons. The van der Waals surface area contributed by atoms with E-state index in [9.17, 15) is 8.42 Å². The Morgan fingerprint density at radius 1 is 0.950 bits per heavy atom. The lowest BCUT2D eigenvalue weighted by Gasteiger charge is -2.14. The molecule has 0 aromatic carbocycles. The topological polar surface area (TPSA) is 87.8 Å². The summed E-state index contributed by atoms with van der Waals surface area (Å²) >= 11 is 0. The Labute approximate surface area is 123 Å². The van der Waals surface area contributed by atoms with Gasteiger partial charge in [0.1, 0.15) is 0 Å². The van der Waals surface area contributed by atoms with Gasteiger partial charge in [0.05, 0.1) is 31.7 Å². The first-order valence-electron chi connectivity index (χ1n) is 7.18. The Hall–Kier alpha value is -0.210.